The minimum absolute atomic E-state index is 0.0666. The summed E-state index contributed by atoms with van der Waals surface area (Å²) in [7, 11) is 0. The third-order valence-electron chi connectivity index (χ3n) is 3.62. The van der Waals surface area contributed by atoms with Gasteiger partial charge >= 0.3 is 0 Å². The van der Waals surface area contributed by atoms with Gasteiger partial charge < -0.3 is 10.5 Å². The van der Waals surface area contributed by atoms with Gasteiger partial charge in [-0.25, -0.2) is 4.39 Å². The third-order valence-corrected chi connectivity index (χ3v) is 3.62. The fourth-order valence-electron chi connectivity index (χ4n) is 2.01. The molecular formula is C14H18FNO. The quantitative estimate of drug-likeness (QED) is 0.851. The minimum atomic E-state index is -0.257. The topological polar surface area (TPSA) is 35.2 Å². The van der Waals surface area contributed by atoms with E-state index in [1.807, 2.05) is 6.07 Å². The molecule has 0 bridgehead atoms. The second-order valence-corrected chi connectivity index (χ2v) is 5.56. The van der Waals surface area contributed by atoms with Crippen LogP contribution < -0.4 is 10.5 Å². The zero-order valence-electron chi connectivity index (χ0n) is 9.92. The van der Waals surface area contributed by atoms with Crippen LogP contribution in [0.3, 0.4) is 0 Å². The van der Waals surface area contributed by atoms with Crippen LogP contribution in [-0.2, 0) is 6.42 Å². The lowest BCUT2D eigenvalue weighted by Gasteiger charge is -2.11. The van der Waals surface area contributed by atoms with Gasteiger partial charge in [-0.05, 0) is 55.7 Å². The molecule has 0 amide bonds. The second kappa shape index (κ2) is 3.98. The first-order valence-corrected chi connectivity index (χ1v) is 6.35. The molecular weight excluding hydrogens is 217 g/mol. The smallest absolute Gasteiger partial charge is 0.165 e. The van der Waals surface area contributed by atoms with E-state index in [0.29, 0.717) is 18.3 Å². The van der Waals surface area contributed by atoms with Gasteiger partial charge in [0.15, 0.2) is 11.6 Å². The summed E-state index contributed by atoms with van der Waals surface area (Å²) in [6, 6.07) is 5.23. The van der Waals surface area contributed by atoms with Crippen molar-refractivity contribution < 1.29 is 9.13 Å². The average Bonchev–Trinajstić information content (AvgIpc) is 3.16. The van der Waals surface area contributed by atoms with Crippen molar-refractivity contribution in [3.05, 3.63) is 29.6 Å². The van der Waals surface area contributed by atoms with Crippen LogP contribution in [0.4, 0.5) is 4.39 Å². The molecule has 0 radical (unpaired) electrons. The highest BCUT2D eigenvalue weighted by molar-refractivity contribution is 5.31. The van der Waals surface area contributed by atoms with Gasteiger partial charge in [0.1, 0.15) is 0 Å². The molecule has 0 spiro atoms. The molecule has 2 N–H and O–H groups in total. The Labute approximate surface area is 101 Å². The van der Waals surface area contributed by atoms with Gasteiger partial charge in [-0.3, -0.25) is 0 Å². The largest absolute Gasteiger partial charge is 0.490 e. The summed E-state index contributed by atoms with van der Waals surface area (Å²) < 4.78 is 19.2. The maximum atomic E-state index is 13.8. The van der Waals surface area contributed by atoms with E-state index in [1.54, 1.807) is 12.1 Å². The summed E-state index contributed by atoms with van der Waals surface area (Å²) in [4.78, 5) is 0. The van der Waals surface area contributed by atoms with E-state index in [0.717, 1.165) is 24.8 Å². The van der Waals surface area contributed by atoms with Crippen LogP contribution >= 0.6 is 0 Å². The number of hydrogen-bond acceptors (Lipinski definition) is 2. The van der Waals surface area contributed by atoms with Crippen LogP contribution in [0.25, 0.3) is 0 Å². The molecule has 1 aromatic carbocycles. The van der Waals surface area contributed by atoms with E-state index in [2.05, 4.69) is 0 Å². The number of halogens is 1. The Bertz CT molecular complexity index is 424. The Morgan fingerprint density at radius 2 is 2.12 bits per heavy atom. The van der Waals surface area contributed by atoms with Crippen LogP contribution in [0.5, 0.6) is 5.75 Å². The molecule has 0 unspecified atom stereocenters. The van der Waals surface area contributed by atoms with Crippen molar-refractivity contribution in [1.29, 1.82) is 0 Å². The summed E-state index contributed by atoms with van der Waals surface area (Å²) in [6.45, 7) is 0.650. The van der Waals surface area contributed by atoms with Gasteiger partial charge in [-0.15, -0.1) is 0 Å². The summed E-state index contributed by atoms with van der Waals surface area (Å²) in [6.07, 6.45) is 5.31. The van der Waals surface area contributed by atoms with Crippen LogP contribution in [0.1, 0.15) is 31.2 Å². The van der Waals surface area contributed by atoms with Crippen LogP contribution in [0.2, 0.25) is 0 Å². The molecule has 17 heavy (non-hydrogen) atoms. The third kappa shape index (κ3) is 2.78. The number of nitrogens with two attached hydrogens (primary N) is 1. The first-order chi connectivity index (χ1) is 8.15. The minimum Gasteiger partial charge on any atom is -0.490 e. The molecule has 0 aliphatic heterocycles. The molecule has 3 heteroatoms. The zero-order chi connectivity index (χ0) is 11.9. The lowest BCUT2D eigenvalue weighted by molar-refractivity contribution is 0.285. The van der Waals surface area contributed by atoms with Crippen molar-refractivity contribution in [2.45, 2.75) is 37.6 Å². The molecule has 2 fully saturated rings. The molecule has 2 aliphatic carbocycles. The average molecular weight is 235 g/mol. The summed E-state index contributed by atoms with van der Waals surface area (Å²) in [5.41, 5.74) is 6.93. The molecule has 1 aromatic rings. The van der Waals surface area contributed by atoms with E-state index < -0.39 is 0 Å². The van der Waals surface area contributed by atoms with Crippen molar-refractivity contribution >= 4 is 0 Å². The second-order valence-electron chi connectivity index (χ2n) is 5.56. The van der Waals surface area contributed by atoms with E-state index in [4.69, 9.17) is 10.5 Å². The van der Waals surface area contributed by atoms with Crippen LogP contribution in [-0.4, -0.2) is 12.1 Å². The first-order valence-electron chi connectivity index (χ1n) is 6.35. The maximum absolute atomic E-state index is 13.8. The van der Waals surface area contributed by atoms with E-state index in [9.17, 15) is 4.39 Å². The standard InChI is InChI=1S/C14H18FNO/c15-12-7-11(8-14(16)5-6-14)3-4-13(12)17-9-10-1-2-10/h3-4,7,10H,1-2,5-6,8-9,16H2. The molecule has 0 atom stereocenters. The Kier molecular flexibility index (Phi) is 2.58. The van der Waals surface area contributed by atoms with Gasteiger partial charge in [0, 0.05) is 5.54 Å². The maximum Gasteiger partial charge on any atom is 0.165 e. The molecule has 2 saturated carbocycles. The van der Waals surface area contributed by atoms with E-state index >= 15 is 0 Å². The Hall–Kier alpha value is -1.09. The SMILES string of the molecule is NC1(Cc2ccc(OCC3CC3)c(F)c2)CC1. The van der Waals surface area contributed by atoms with Gasteiger partial charge in [0.05, 0.1) is 6.61 Å². The molecule has 3 rings (SSSR count). The molecule has 0 aromatic heterocycles. The van der Waals surface area contributed by atoms with Crippen molar-refractivity contribution in [3.63, 3.8) is 0 Å². The molecule has 92 valence electrons. The van der Waals surface area contributed by atoms with Crippen LogP contribution in [0, 0.1) is 11.7 Å². The van der Waals surface area contributed by atoms with Gasteiger partial charge in [0.25, 0.3) is 0 Å². The molecule has 0 heterocycles. The number of hydrogen-bond donors (Lipinski definition) is 1. The summed E-state index contributed by atoms with van der Waals surface area (Å²) in [5, 5.41) is 0. The lowest BCUT2D eigenvalue weighted by Crippen LogP contribution is -2.24. The molecule has 0 saturated heterocycles. The van der Waals surface area contributed by atoms with Crippen molar-refractivity contribution in [2.24, 2.45) is 11.7 Å². The summed E-state index contributed by atoms with van der Waals surface area (Å²) >= 11 is 0. The monoisotopic (exact) mass is 235 g/mol. The highest BCUT2D eigenvalue weighted by Gasteiger charge is 2.38. The molecule has 2 aliphatic rings. The van der Waals surface area contributed by atoms with Crippen molar-refractivity contribution in [1.82, 2.24) is 0 Å². The first kappa shape index (κ1) is 11.0. The fraction of sp³-hybridized carbons (Fsp3) is 0.571. The summed E-state index contributed by atoms with van der Waals surface area (Å²) in [5.74, 6) is 0.766. The number of benzene rings is 1. The Balaban J connectivity index is 1.64. The Morgan fingerprint density at radius 1 is 1.35 bits per heavy atom. The van der Waals surface area contributed by atoms with E-state index in [1.165, 1.54) is 12.8 Å². The lowest BCUT2D eigenvalue weighted by atomic mass is 10.0. The zero-order valence-corrected chi connectivity index (χ0v) is 9.92. The van der Waals surface area contributed by atoms with Crippen molar-refractivity contribution in [2.75, 3.05) is 6.61 Å². The fourth-order valence-corrected chi connectivity index (χ4v) is 2.01. The van der Waals surface area contributed by atoms with E-state index in [-0.39, 0.29) is 11.4 Å². The highest BCUT2D eigenvalue weighted by atomic mass is 19.1. The van der Waals surface area contributed by atoms with Crippen LogP contribution in [0.15, 0.2) is 18.2 Å². The Morgan fingerprint density at radius 3 is 2.71 bits per heavy atom. The number of rotatable bonds is 5. The molecule has 2 nitrogen and oxygen atoms in total. The number of ether oxygens (including phenoxy) is 1. The van der Waals surface area contributed by atoms with Crippen molar-refractivity contribution in [3.8, 4) is 5.75 Å². The van der Waals surface area contributed by atoms with Gasteiger partial charge in [-0.2, -0.15) is 0 Å². The van der Waals surface area contributed by atoms with Gasteiger partial charge in [0.2, 0.25) is 0 Å². The predicted octanol–water partition coefficient (Wildman–Crippen LogP) is 2.65. The normalized spacial score (nSPS) is 21.3. The van der Waals surface area contributed by atoms with Gasteiger partial charge in [-0.1, -0.05) is 6.07 Å². The predicted molar refractivity (Wildman–Crippen MR) is 64.5 cm³/mol. The highest BCUT2D eigenvalue weighted by Crippen LogP contribution is 2.36.